The molecule has 2 aliphatic carbocycles. The number of carboxylic acids is 1. The summed E-state index contributed by atoms with van der Waals surface area (Å²) in [5, 5.41) is 12.2. The van der Waals surface area contributed by atoms with Crippen molar-refractivity contribution in [2.45, 2.75) is 51.0 Å². The molecule has 2 amide bonds. The van der Waals surface area contributed by atoms with Crippen LogP contribution in [0.25, 0.3) is 11.1 Å². The number of hydrogen-bond acceptors (Lipinski definition) is 4. The Labute approximate surface area is 205 Å². The Morgan fingerprint density at radius 3 is 2.20 bits per heavy atom. The zero-order valence-electron chi connectivity index (χ0n) is 20.0. The summed E-state index contributed by atoms with van der Waals surface area (Å²) < 4.78 is 5.72. The van der Waals surface area contributed by atoms with E-state index in [1.54, 1.807) is 4.90 Å². The molecule has 35 heavy (non-hydrogen) atoms. The van der Waals surface area contributed by atoms with Gasteiger partial charge in [-0.15, -0.1) is 0 Å². The number of likely N-dealkylation sites (tertiary alicyclic amines) is 1. The van der Waals surface area contributed by atoms with Crippen molar-refractivity contribution in [3.63, 3.8) is 0 Å². The van der Waals surface area contributed by atoms with Crippen molar-refractivity contribution < 1.29 is 24.2 Å². The lowest BCUT2D eigenvalue weighted by Crippen LogP contribution is -2.54. The number of carboxylic acid groups (broad SMARTS) is 1. The van der Waals surface area contributed by atoms with Gasteiger partial charge in [-0.1, -0.05) is 55.0 Å². The smallest absolute Gasteiger partial charge is 0.407 e. The topological polar surface area (TPSA) is 95.9 Å². The predicted octanol–water partition coefficient (Wildman–Crippen LogP) is 4.41. The van der Waals surface area contributed by atoms with Crippen LogP contribution in [0, 0.1) is 11.3 Å². The molecule has 2 unspecified atom stereocenters. The van der Waals surface area contributed by atoms with Crippen molar-refractivity contribution in [3.05, 3.63) is 59.7 Å². The summed E-state index contributed by atoms with van der Waals surface area (Å²) in [5.41, 5.74) is 3.97. The Bertz CT molecular complexity index is 1090. The van der Waals surface area contributed by atoms with Crippen molar-refractivity contribution >= 4 is 18.0 Å². The lowest BCUT2D eigenvalue weighted by molar-refractivity contribution is -0.149. The molecule has 1 aliphatic heterocycles. The van der Waals surface area contributed by atoms with E-state index in [4.69, 9.17) is 4.74 Å². The molecule has 0 bridgehead atoms. The number of carbonyl (C=O) groups excluding carboxylic acids is 2. The van der Waals surface area contributed by atoms with E-state index >= 15 is 0 Å². The molecule has 7 nitrogen and oxygen atoms in total. The molecule has 2 atom stereocenters. The van der Waals surface area contributed by atoms with E-state index in [2.05, 4.69) is 29.6 Å². The van der Waals surface area contributed by atoms with Crippen molar-refractivity contribution in [3.8, 4) is 11.1 Å². The molecule has 1 saturated carbocycles. The summed E-state index contributed by atoms with van der Waals surface area (Å²) >= 11 is 0. The Hall–Kier alpha value is -3.35. The van der Waals surface area contributed by atoms with Crippen LogP contribution >= 0.6 is 0 Å². The van der Waals surface area contributed by atoms with Crippen LogP contribution in [-0.4, -0.2) is 53.7 Å². The van der Waals surface area contributed by atoms with Crippen molar-refractivity contribution in [2.24, 2.45) is 11.3 Å². The van der Waals surface area contributed by atoms with Crippen LogP contribution in [0.1, 0.15) is 56.1 Å². The van der Waals surface area contributed by atoms with Crippen LogP contribution in [0.15, 0.2) is 48.5 Å². The normalized spacial score (nSPS) is 24.0. The zero-order valence-corrected chi connectivity index (χ0v) is 20.0. The molecule has 7 heteroatoms. The number of nitrogens with one attached hydrogen (secondary N) is 1. The molecule has 1 saturated heterocycles. The second kappa shape index (κ2) is 9.36. The molecule has 2 fully saturated rings. The third-order valence-electron chi connectivity index (χ3n) is 8.21. The molecular weight excluding hydrogens is 444 g/mol. The maximum atomic E-state index is 13.4. The van der Waals surface area contributed by atoms with Crippen molar-refractivity contribution in [1.29, 1.82) is 0 Å². The Morgan fingerprint density at radius 2 is 1.60 bits per heavy atom. The fraction of sp³-hybridized carbons (Fsp3) is 0.464. The average Bonchev–Trinajstić information content (AvgIpc) is 3.40. The maximum Gasteiger partial charge on any atom is 0.407 e. The molecule has 184 valence electrons. The SMILES string of the molecule is CC1(C(=O)N2CCC(C(=O)O)CC2)CCCC1NC(=O)OCC1c2ccccc2-c2ccccc21. The molecule has 5 rings (SSSR count). The summed E-state index contributed by atoms with van der Waals surface area (Å²) in [5.74, 6) is -1.19. The second-order valence-corrected chi connectivity index (χ2v) is 10.2. The Balaban J connectivity index is 1.22. The highest BCUT2D eigenvalue weighted by molar-refractivity contribution is 5.85. The van der Waals surface area contributed by atoms with Crippen LogP contribution in [0.5, 0.6) is 0 Å². The Morgan fingerprint density at radius 1 is 1.00 bits per heavy atom. The molecule has 0 radical (unpaired) electrons. The fourth-order valence-electron chi connectivity index (χ4n) is 6.13. The maximum absolute atomic E-state index is 13.4. The minimum atomic E-state index is -0.793. The number of ether oxygens (including phenoxy) is 1. The number of amides is 2. The van der Waals surface area contributed by atoms with E-state index in [1.165, 1.54) is 11.1 Å². The quantitative estimate of drug-likeness (QED) is 0.667. The first kappa shape index (κ1) is 23.4. The number of rotatable bonds is 5. The summed E-state index contributed by atoms with van der Waals surface area (Å²) in [6.45, 7) is 3.05. The van der Waals surface area contributed by atoms with Crippen molar-refractivity contribution in [1.82, 2.24) is 10.2 Å². The van der Waals surface area contributed by atoms with Gasteiger partial charge in [-0.2, -0.15) is 0 Å². The van der Waals surface area contributed by atoms with Crippen LogP contribution in [0.4, 0.5) is 4.79 Å². The number of benzene rings is 2. The van der Waals surface area contributed by atoms with Gasteiger partial charge in [0, 0.05) is 25.0 Å². The first-order chi connectivity index (χ1) is 16.9. The van der Waals surface area contributed by atoms with Crippen LogP contribution in [0.2, 0.25) is 0 Å². The highest BCUT2D eigenvalue weighted by atomic mass is 16.5. The molecule has 0 aromatic heterocycles. The van der Waals surface area contributed by atoms with Crippen molar-refractivity contribution in [2.75, 3.05) is 19.7 Å². The first-order valence-corrected chi connectivity index (χ1v) is 12.5. The summed E-state index contributed by atoms with van der Waals surface area (Å²) in [6.07, 6.45) is 2.71. The highest BCUT2D eigenvalue weighted by Crippen LogP contribution is 2.45. The molecule has 2 aromatic rings. The summed E-state index contributed by atoms with van der Waals surface area (Å²) in [6, 6.07) is 16.1. The number of piperidine rings is 1. The summed E-state index contributed by atoms with van der Waals surface area (Å²) in [4.78, 5) is 39.3. The predicted molar refractivity (Wildman–Crippen MR) is 131 cm³/mol. The van der Waals surface area contributed by atoms with E-state index in [0.717, 1.165) is 24.0 Å². The molecular formula is C28H32N2O5. The number of alkyl carbamates (subject to hydrolysis) is 1. The van der Waals surface area contributed by atoms with E-state index in [-0.39, 0.29) is 30.4 Å². The molecule has 0 spiro atoms. The van der Waals surface area contributed by atoms with Gasteiger partial charge in [0.15, 0.2) is 0 Å². The lowest BCUT2D eigenvalue weighted by atomic mass is 9.82. The zero-order chi connectivity index (χ0) is 24.6. The van der Waals surface area contributed by atoms with Crippen LogP contribution in [-0.2, 0) is 14.3 Å². The monoisotopic (exact) mass is 476 g/mol. The molecule has 2 aromatic carbocycles. The highest BCUT2D eigenvalue weighted by Gasteiger charge is 2.48. The lowest BCUT2D eigenvalue weighted by Gasteiger charge is -2.38. The minimum Gasteiger partial charge on any atom is -0.481 e. The molecule has 2 N–H and O–H groups in total. The number of aliphatic carboxylic acids is 1. The van der Waals surface area contributed by atoms with E-state index in [1.807, 2.05) is 31.2 Å². The van der Waals surface area contributed by atoms with Gasteiger partial charge in [0.05, 0.1) is 11.3 Å². The van der Waals surface area contributed by atoms with Gasteiger partial charge in [0.1, 0.15) is 6.61 Å². The van der Waals surface area contributed by atoms with Gasteiger partial charge in [0.25, 0.3) is 0 Å². The standard InChI is InChI=1S/C28H32N2O5/c1-28(26(33)30-15-12-18(13-16-30)25(31)32)14-6-11-24(28)29-27(34)35-17-23-21-9-4-2-7-19(21)20-8-3-5-10-22(20)23/h2-5,7-10,18,23-24H,6,11-17H2,1H3,(H,29,34)(H,31,32). The second-order valence-electron chi connectivity index (χ2n) is 10.2. The number of carbonyl (C=O) groups is 3. The summed E-state index contributed by atoms with van der Waals surface area (Å²) in [7, 11) is 0. The van der Waals surface area contributed by atoms with Gasteiger partial charge in [0.2, 0.25) is 5.91 Å². The number of fused-ring (bicyclic) bond motifs is 3. The molecule has 3 aliphatic rings. The van der Waals surface area contributed by atoms with E-state index < -0.39 is 17.5 Å². The first-order valence-electron chi connectivity index (χ1n) is 12.5. The van der Waals surface area contributed by atoms with Gasteiger partial charge in [-0.3, -0.25) is 9.59 Å². The number of nitrogens with zero attached hydrogens (tertiary/aromatic N) is 1. The average molecular weight is 477 g/mol. The third kappa shape index (κ3) is 4.28. The van der Waals surface area contributed by atoms with Gasteiger partial charge in [-0.05, 0) is 54.9 Å². The van der Waals surface area contributed by atoms with E-state index in [0.29, 0.717) is 32.4 Å². The number of hydrogen-bond donors (Lipinski definition) is 2. The fourth-order valence-corrected chi connectivity index (χ4v) is 6.13. The van der Waals surface area contributed by atoms with Gasteiger partial charge >= 0.3 is 12.1 Å². The molecule has 1 heterocycles. The van der Waals surface area contributed by atoms with Gasteiger partial charge in [-0.25, -0.2) is 4.79 Å². The minimum absolute atomic E-state index is 0.00258. The Kier molecular flexibility index (Phi) is 6.26. The van der Waals surface area contributed by atoms with Crippen LogP contribution < -0.4 is 5.32 Å². The van der Waals surface area contributed by atoms with Crippen LogP contribution in [0.3, 0.4) is 0 Å². The third-order valence-corrected chi connectivity index (χ3v) is 8.21. The van der Waals surface area contributed by atoms with E-state index in [9.17, 15) is 19.5 Å². The largest absolute Gasteiger partial charge is 0.481 e. The van der Waals surface area contributed by atoms with Gasteiger partial charge < -0.3 is 20.1 Å².